The van der Waals surface area contributed by atoms with Gasteiger partial charge in [-0.25, -0.2) is 8.42 Å². The van der Waals surface area contributed by atoms with Gasteiger partial charge in [0.25, 0.3) is 5.91 Å². The largest absolute Gasteiger partial charge is 0.321 e. The molecule has 0 unspecified atom stereocenters. The molecule has 0 atom stereocenters. The minimum absolute atomic E-state index is 0.148. The van der Waals surface area contributed by atoms with Crippen LogP contribution in [0.1, 0.15) is 16.1 Å². The van der Waals surface area contributed by atoms with Crippen molar-refractivity contribution in [2.75, 3.05) is 5.32 Å². The Morgan fingerprint density at radius 3 is 2.58 bits per heavy atom. The maximum Gasteiger partial charge on any atom is 0.277 e. The number of nitrogens with zero attached hydrogens (tertiary/aromatic N) is 2. The van der Waals surface area contributed by atoms with Crippen molar-refractivity contribution in [1.29, 1.82) is 0 Å². The van der Waals surface area contributed by atoms with Crippen molar-refractivity contribution in [3.8, 4) is 0 Å². The average Bonchev–Trinajstić information content (AvgIpc) is 3.10. The van der Waals surface area contributed by atoms with Gasteiger partial charge in [-0.15, -0.1) is 0 Å². The van der Waals surface area contributed by atoms with Gasteiger partial charge in [0.05, 0.1) is 16.8 Å². The second-order valence-corrected chi connectivity index (χ2v) is 7.07. The minimum atomic E-state index is -3.44. The number of aromatic nitrogens is 3. The van der Waals surface area contributed by atoms with E-state index in [2.05, 4.69) is 20.7 Å². The van der Waals surface area contributed by atoms with E-state index in [-0.39, 0.29) is 16.3 Å². The molecule has 8 heteroatoms. The summed E-state index contributed by atoms with van der Waals surface area (Å²) in [5.41, 5.74) is 1.22. The number of carbonyl (C=O) groups excluding carboxylic acids is 1. The quantitative estimate of drug-likeness (QED) is 0.738. The lowest BCUT2D eigenvalue weighted by atomic mass is 10.2. The molecule has 0 aliphatic heterocycles. The summed E-state index contributed by atoms with van der Waals surface area (Å²) in [6.07, 6.45) is 1.30. The molecule has 0 fully saturated rings. The van der Waals surface area contributed by atoms with Crippen molar-refractivity contribution >= 4 is 21.4 Å². The third-order valence-corrected chi connectivity index (χ3v) is 5.00. The van der Waals surface area contributed by atoms with Crippen LogP contribution < -0.4 is 5.32 Å². The average molecular weight is 342 g/mol. The Morgan fingerprint density at radius 1 is 1.08 bits per heavy atom. The normalized spacial score (nSPS) is 11.2. The second kappa shape index (κ2) is 6.63. The predicted octanol–water partition coefficient (Wildman–Crippen LogP) is 2.03. The second-order valence-electron chi connectivity index (χ2n) is 5.08. The van der Waals surface area contributed by atoms with E-state index in [0.29, 0.717) is 11.3 Å². The summed E-state index contributed by atoms with van der Waals surface area (Å²) >= 11 is 0. The van der Waals surface area contributed by atoms with E-state index in [1.807, 2.05) is 0 Å². The van der Waals surface area contributed by atoms with Crippen molar-refractivity contribution in [3.05, 3.63) is 72.1 Å². The molecule has 0 bridgehead atoms. The fraction of sp³-hybridized carbons (Fsp3) is 0.0625. The molecule has 0 saturated carbocycles. The maximum absolute atomic E-state index is 12.4. The van der Waals surface area contributed by atoms with E-state index in [4.69, 9.17) is 0 Å². The molecule has 0 aliphatic rings. The van der Waals surface area contributed by atoms with Crippen LogP contribution in [0, 0.1) is 0 Å². The van der Waals surface area contributed by atoms with E-state index < -0.39 is 15.7 Å². The van der Waals surface area contributed by atoms with Gasteiger partial charge < -0.3 is 5.32 Å². The number of H-pyrrole nitrogens is 1. The lowest BCUT2D eigenvalue weighted by Gasteiger charge is -2.07. The third kappa shape index (κ3) is 3.66. The van der Waals surface area contributed by atoms with Gasteiger partial charge in [0.15, 0.2) is 15.5 Å². The molecule has 24 heavy (non-hydrogen) atoms. The molecule has 0 aliphatic carbocycles. The van der Waals surface area contributed by atoms with E-state index in [0.717, 1.165) is 0 Å². The summed E-state index contributed by atoms with van der Waals surface area (Å²) in [5.74, 6) is -0.572. The first kappa shape index (κ1) is 15.9. The lowest BCUT2D eigenvalue weighted by molar-refractivity contribution is 0.102. The van der Waals surface area contributed by atoms with Gasteiger partial charge >= 0.3 is 0 Å². The number of rotatable bonds is 5. The molecule has 1 heterocycles. The number of hydrogen-bond donors (Lipinski definition) is 2. The Morgan fingerprint density at radius 2 is 1.88 bits per heavy atom. The zero-order valence-corrected chi connectivity index (χ0v) is 13.3. The summed E-state index contributed by atoms with van der Waals surface area (Å²) in [7, 11) is -3.44. The molecule has 122 valence electrons. The molecule has 1 amide bonds. The van der Waals surface area contributed by atoms with Crippen LogP contribution in [-0.2, 0) is 15.6 Å². The Balaban J connectivity index is 1.77. The number of benzene rings is 2. The van der Waals surface area contributed by atoms with Crippen LogP contribution in [0.25, 0.3) is 0 Å². The topological polar surface area (TPSA) is 105 Å². The Labute approximate surface area is 138 Å². The smallest absolute Gasteiger partial charge is 0.277 e. The Bertz CT molecular complexity index is 938. The number of anilines is 1. The molecule has 0 radical (unpaired) electrons. The third-order valence-electron chi connectivity index (χ3n) is 3.29. The highest BCUT2D eigenvalue weighted by molar-refractivity contribution is 7.90. The van der Waals surface area contributed by atoms with Crippen molar-refractivity contribution in [1.82, 2.24) is 15.4 Å². The molecule has 1 aromatic heterocycles. The molecule has 0 saturated heterocycles. The Hall–Kier alpha value is -3.00. The van der Waals surface area contributed by atoms with Crippen LogP contribution in [-0.4, -0.2) is 29.7 Å². The van der Waals surface area contributed by atoms with Crippen molar-refractivity contribution in [2.45, 2.75) is 10.6 Å². The minimum Gasteiger partial charge on any atom is -0.321 e. The van der Waals surface area contributed by atoms with Gasteiger partial charge in [-0.2, -0.15) is 15.4 Å². The number of amides is 1. The van der Waals surface area contributed by atoms with E-state index in [9.17, 15) is 13.2 Å². The number of carbonyl (C=O) groups is 1. The van der Waals surface area contributed by atoms with Crippen LogP contribution in [0.4, 0.5) is 5.69 Å². The summed E-state index contributed by atoms with van der Waals surface area (Å²) in [6.45, 7) is 0. The van der Waals surface area contributed by atoms with Gasteiger partial charge in [0, 0.05) is 5.69 Å². The summed E-state index contributed by atoms with van der Waals surface area (Å²) in [5, 5.41) is 12.3. The molecular formula is C16H14N4O3S. The monoisotopic (exact) mass is 342 g/mol. The summed E-state index contributed by atoms with van der Waals surface area (Å²) in [4.78, 5) is 12.2. The molecule has 0 spiro atoms. The first-order valence-corrected chi connectivity index (χ1v) is 8.74. The molecule has 3 rings (SSSR count). The summed E-state index contributed by atoms with van der Waals surface area (Å²) in [6, 6.07) is 14.9. The van der Waals surface area contributed by atoms with E-state index in [1.54, 1.807) is 54.6 Å². The number of hydrogen-bond acceptors (Lipinski definition) is 5. The van der Waals surface area contributed by atoms with Gasteiger partial charge in [-0.3, -0.25) is 4.79 Å². The van der Waals surface area contributed by atoms with Crippen molar-refractivity contribution < 1.29 is 13.2 Å². The van der Waals surface area contributed by atoms with E-state index >= 15 is 0 Å². The first-order valence-electron chi connectivity index (χ1n) is 7.08. The van der Waals surface area contributed by atoms with Crippen LogP contribution in [0.15, 0.2) is 65.7 Å². The highest BCUT2D eigenvalue weighted by Crippen LogP contribution is 2.19. The highest BCUT2D eigenvalue weighted by atomic mass is 32.2. The van der Waals surface area contributed by atoms with Crippen LogP contribution in [0.5, 0.6) is 0 Å². The van der Waals surface area contributed by atoms with Gasteiger partial charge in [0.1, 0.15) is 0 Å². The lowest BCUT2D eigenvalue weighted by Crippen LogP contribution is -2.13. The van der Waals surface area contributed by atoms with E-state index in [1.165, 1.54) is 6.20 Å². The zero-order chi connectivity index (χ0) is 17.0. The van der Waals surface area contributed by atoms with Crippen molar-refractivity contribution in [2.24, 2.45) is 0 Å². The SMILES string of the molecule is O=C(Nc1cccc(CS(=O)(=O)c2ccccc2)c1)c1cn[nH]n1. The van der Waals surface area contributed by atoms with Gasteiger partial charge in [-0.05, 0) is 29.8 Å². The fourth-order valence-corrected chi connectivity index (χ4v) is 3.53. The number of sulfone groups is 1. The first-order chi connectivity index (χ1) is 11.5. The molecule has 2 aromatic carbocycles. The predicted molar refractivity (Wildman–Crippen MR) is 88.1 cm³/mol. The Kier molecular flexibility index (Phi) is 4.39. The highest BCUT2D eigenvalue weighted by Gasteiger charge is 2.15. The molecule has 2 N–H and O–H groups in total. The molecule has 7 nitrogen and oxygen atoms in total. The zero-order valence-electron chi connectivity index (χ0n) is 12.5. The van der Waals surface area contributed by atoms with Crippen molar-refractivity contribution in [3.63, 3.8) is 0 Å². The summed E-state index contributed by atoms with van der Waals surface area (Å²) < 4.78 is 24.8. The molecular weight excluding hydrogens is 328 g/mol. The van der Waals surface area contributed by atoms with Gasteiger partial charge in [-0.1, -0.05) is 30.3 Å². The van der Waals surface area contributed by atoms with Crippen LogP contribution in [0.2, 0.25) is 0 Å². The standard InChI is InChI=1S/C16H14N4O3S/c21-16(15-10-17-20-19-15)18-13-6-4-5-12(9-13)11-24(22,23)14-7-2-1-3-8-14/h1-10H,11H2,(H,18,21)(H,17,19,20). The fourth-order valence-electron chi connectivity index (χ4n) is 2.18. The molecule has 3 aromatic rings. The van der Waals surface area contributed by atoms with Crippen LogP contribution in [0.3, 0.4) is 0 Å². The van der Waals surface area contributed by atoms with Gasteiger partial charge in [0.2, 0.25) is 0 Å². The number of nitrogens with one attached hydrogen (secondary N) is 2. The maximum atomic E-state index is 12.4. The van der Waals surface area contributed by atoms with Crippen LogP contribution >= 0.6 is 0 Å². The number of aromatic amines is 1.